The zero-order chi connectivity index (χ0) is 12.8. The Balaban J connectivity index is 1.95. The molecular formula is C16H25NO. The number of benzene rings is 1. The molecule has 0 spiro atoms. The van der Waals surface area contributed by atoms with Gasteiger partial charge in [-0.3, -0.25) is 0 Å². The Hall–Kier alpha value is -1.02. The summed E-state index contributed by atoms with van der Waals surface area (Å²) in [5.41, 5.74) is 1.40. The number of nitrogens with one attached hydrogen (secondary N) is 1. The van der Waals surface area contributed by atoms with Crippen molar-refractivity contribution in [3.8, 4) is 5.75 Å². The molecule has 0 heterocycles. The van der Waals surface area contributed by atoms with E-state index >= 15 is 0 Å². The third-order valence-electron chi connectivity index (χ3n) is 3.82. The Labute approximate surface area is 111 Å². The number of ether oxygens (including phenoxy) is 1. The van der Waals surface area contributed by atoms with E-state index in [4.69, 9.17) is 4.74 Å². The van der Waals surface area contributed by atoms with E-state index in [0.29, 0.717) is 12.1 Å². The van der Waals surface area contributed by atoms with Crippen molar-refractivity contribution in [2.75, 3.05) is 7.05 Å². The Kier molecular flexibility index (Phi) is 5.06. The van der Waals surface area contributed by atoms with Gasteiger partial charge in [0.1, 0.15) is 11.9 Å². The molecule has 2 heteroatoms. The fourth-order valence-electron chi connectivity index (χ4n) is 2.77. The van der Waals surface area contributed by atoms with E-state index in [-0.39, 0.29) is 0 Å². The predicted molar refractivity (Wildman–Crippen MR) is 76.2 cm³/mol. The number of aryl methyl sites for hydroxylation is 1. The van der Waals surface area contributed by atoms with Crippen LogP contribution in [-0.2, 0) is 6.42 Å². The molecule has 0 amide bonds. The van der Waals surface area contributed by atoms with Crippen LogP contribution in [0.2, 0.25) is 0 Å². The summed E-state index contributed by atoms with van der Waals surface area (Å²) in [7, 11) is 2.04. The smallest absolute Gasteiger partial charge is 0.119 e. The monoisotopic (exact) mass is 247 g/mol. The van der Waals surface area contributed by atoms with Gasteiger partial charge in [-0.05, 0) is 50.4 Å². The second-order valence-electron chi connectivity index (χ2n) is 5.23. The first kappa shape index (κ1) is 13.4. The van der Waals surface area contributed by atoms with Gasteiger partial charge < -0.3 is 10.1 Å². The number of rotatable bonds is 5. The lowest BCUT2D eigenvalue weighted by molar-refractivity contribution is 0.118. The summed E-state index contributed by atoms with van der Waals surface area (Å²) in [6.07, 6.45) is 7.70. The minimum atomic E-state index is 0.334. The molecule has 100 valence electrons. The lowest BCUT2D eigenvalue weighted by Crippen LogP contribution is -2.43. The van der Waals surface area contributed by atoms with Gasteiger partial charge in [0.15, 0.2) is 0 Å². The van der Waals surface area contributed by atoms with Crippen LogP contribution in [0, 0.1) is 0 Å². The standard InChI is InChI=1S/C16H25NO/c1-3-6-13-9-11-14(12-10-13)18-16-8-5-4-7-15(16)17-2/h9-12,15-17H,3-8H2,1-2H3. The van der Waals surface area contributed by atoms with Gasteiger partial charge >= 0.3 is 0 Å². The van der Waals surface area contributed by atoms with Crippen molar-refractivity contribution in [1.82, 2.24) is 5.32 Å². The molecule has 1 saturated carbocycles. The molecule has 0 radical (unpaired) electrons. The summed E-state index contributed by atoms with van der Waals surface area (Å²) in [5, 5.41) is 3.38. The van der Waals surface area contributed by atoms with Crippen molar-refractivity contribution >= 4 is 0 Å². The van der Waals surface area contributed by atoms with E-state index < -0.39 is 0 Å². The average molecular weight is 247 g/mol. The molecule has 18 heavy (non-hydrogen) atoms. The Bertz CT molecular complexity index is 347. The van der Waals surface area contributed by atoms with Crippen LogP contribution in [0.25, 0.3) is 0 Å². The van der Waals surface area contributed by atoms with Crippen molar-refractivity contribution in [2.24, 2.45) is 0 Å². The second kappa shape index (κ2) is 6.79. The molecule has 1 aromatic rings. The first-order chi connectivity index (χ1) is 8.83. The van der Waals surface area contributed by atoms with Crippen molar-refractivity contribution < 1.29 is 4.74 Å². The molecule has 2 atom stereocenters. The summed E-state index contributed by atoms with van der Waals surface area (Å²) in [6.45, 7) is 2.21. The van der Waals surface area contributed by atoms with Gasteiger partial charge in [-0.1, -0.05) is 31.9 Å². The SMILES string of the molecule is CCCc1ccc(OC2CCCCC2NC)cc1. The van der Waals surface area contributed by atoms with Crippen LogP contribution < -0.4 is 10.1 Å². The first-order valence-corrected chi connectivity index (χ1v) is 7.26. The number of likely N-dealkylation sites (N-methyl/N-ethyl adjacent to an activating group) is 1. The summed E-state index contributed by atoms with van der Waals surface area (Å²) in [5.74, 6) is 1.02. The fraction of sp³-hybridized carbons (Fsp3) is 0.625. The minimum absolute atomic E-state index is 0.334. The maximum atomic E-state index is 6.13. The van der Waals surface area contributed by atoms with E-state index in [0.717, 1.165) is 12.2 Å². The fourth-order valence-corrected chi connectivity index (χ4v) is 2.77. The topological polar surface area (TPSA) is 21.3 Å². The molecule has 2 unspecified atom stereocenters. The van der Waals surface area contributed by atoms with Crippen LogP contribution in [0.4, 0.5) is 0 Å². The molecule has 1 aromatic carbocycles. The van der Waals surface area contributed by atoms with Crippen molar-refractivity contribution in [2.45, 2.75) is 57.6 Å². The van der Waals surface area contributed by atoms with Crippen molar-refractivity contribution in [3.63, 3.8) is 0 Å². The highest BCUT2D eigenvalue weighted by Gasteiger charge is 2.25. The van der Waals surface area contributed by atoms with E-state index in [1.165, 1.54) is 37.7 Å². The first-order valence-electron chi connectivity index (χ1n) is 7.26. The van der Waals surface area contributed by atoms with E-state index in [2.05, 4.69) is 36.5 Å². The van der Waals surface area contributed by atoms with Crippen molar-refractivity contribution in [1.29, 1.82) is 0 Å². The van der Waals surface area contributed by atoms with Gasteiger partial charge in [-0.25, -0.2) is 0 Å². The van der Waals surface area contributed by atoms with E-state index in [1.54, 1.807) is 0 Å². The number of hydrogen-bond acceptors (Lipinski definition) is 2. The summed E-state index contributed by atoms with van der Waals surface area (Å²) in [4.78, 5) is 0. The maximum absolute atomic E-state index is 6.13. The molecule has 0 bridgehead atoms. The number of hydrogen-bond donors (Lipinski definition) is 1. The zero-order valence-electron chi connectivity index (χ0n) is 11.6. The second-order valence-corrected chi connectivity index (χ2v) is 5.23. The molecule has 2 rings (SSSR count). The lowest BCUT2D eigenvalue weighted by atomic mass is 9.92. The van der Waals surface area contributed by atoms with Gasteiger partial charge in [0, 0.05) is 6.04 Å². The molecular weight excluding hydrogens is 222 g/mol. The zero-order valence-corrected chi connectivity index (χ0v) is 11.6. The van der Waals surface area contributed by atoms with Crippen LogP contribution in [0.15, 0.2) is 24.3 Å². The van der Waals surface area contributed by atoms with E-state index in [1.807, 2.05) is 7.05 Å². The van der Waals surface area contributed by atoms with E-state index in [9.17, 15) is 0 Å². The Morgan fingerprint density at radius 3 is 2.56 bits per heavy atom. The lowest BCUT2D eigenvalue weighted by Gasteiger charge is -2.31. The third-order valence-corrected chi connectivity index (χ3v) is 3.82. The molecule has 1 aliphatic rings. The summed E-state index contributed by atoms with van der Waals surface area (Å²) in [6, 6.07) is 9.12. The molecule has 0 saturated heterocycles. The Morgan fingerprint density at radius 2 is 1.89 bits per heavy atom. The van der Waals surface area contributed by atoms with Gasteiger partial charge in [0.05, 0.1) is 0 Å². The molecule has 0 aliphatic heterocycles. The molecule has 2 nitrogen and oxygen atoms in total. The quantitative estimate of drug-likeness (QED) is 0.859. The molecule has 0 aromatic heterocycles. The summed E-state index contributed by atoms with van der Waals surface area (Å²) >= 11 is 0. The highest BCUT2D eigenvalue weighted by atomic mass is 16.5. The maximum Gasteiger partial charge on any atom is 0.119 e. The molecule has 1 N–H and O–H groups in total. The van der Waals surface area contributed by atoms with Crippen LogP contribution in [0.5, 0.6) is 5.75 Å². The van der Waals surface area contributed by atoms with Crippen LogP contribution >= 0.6 is 0 Å². The molecule has 1 aliphatic carbocycles. The van der Waals surface area contributed by atoms with Crippen LogP contribution in [0.3, 0.4) is 0 Å². The molecule has 1 fully saturated rings. The Morgan fingerprint density at radius 1 is 1.17 bits per heavy atom. The largest absolute Gasteiger partial charge is 0.489 e. The van der Waals surface area contributed by atoms with Crippen LogP contribution in [-0.4, -0.2) is 19.2 Å². The average Bonchev–Trinajstić information content (AvgIpc) is 2.42. The normalized spacial score (nSPS) is 23.9. The third kappa shape index (κ3) is 3.49. The van der Waals surface area contributed by atoms with Crippen LogP contribution in [0.1, 0.15) is 44.6 Å². The van der Waals surface area contributed by atoms with Gasteiger partial charge in [0.25, 0.3) is 0 Å². The van der Waals surface area contributed by atoms with Crippen molar-refractivity contribution in [3.05, 3.63) is 29.8 Å². The summed E-state index contributed by atoms with van der Waals surface area (Å²) < 4.78 is 6.13. The van der Waals surface area contributed by atoms with Gasteiger partial charge in [-0.2, -0.15) is 0 Å². The highest BCUT2D eigenvalue weighted by molar-refractivity contribution is 5.27. The van der Waals surface area contributed by atoms with Gasteiger partial charge in [0.2, 0.25) is 0 Å². The predicted octanol–water partition coefficient (Wildman–Crippen LogP) is 3.55. The van der Waals surface area contributed by atoms with Gasteiger partial charge in [-0.15, -0.1) is 0 Å². The highest BCUT2D eigenvalue weighted by Crippen LogP contribution is 2.24. The minimum Gasteiger partial charge on any atom is -0.489 e.